The van der Waals surface area contributed by atoms with Crippen LogP contribution < -0.4 is 9.47 Å². The zero-order valence-electron chi connectivity index (χ0n) is 20.1. The number of nitrogens with zero attached hydrogens (tertiary/aromatic N) is 2. The van der Waals surface area contributed by atoms with Crippen molar-refractivity contribution < 1.29 is 22.7 Å². The Hall–Kier alpha value is -2.29. The van der Waals surface area contributed by atoms with Crippen molar-refractivity contribution in [2.75, 3.05) is 39.9 Å². The van der Waals surface area contributed by atoms with Crippen molar-refractivity contribution >= 4 is 27.5 Å². The van der Waals surface area contributed by atoms with Gasteiger partial charge >= 0.3 is 0 Å². The molecule has 2 aliphatic rings. The summed E-state index contributed by atoms with van der Waals surface area (Å²) in [6.07, 6.45) is 4.78. The van der Waals surface area contributed by atoms with Crippen LogP contribution in [0.3, 0.4) is 0 Å². The minimum atomic E-state index is -3.76. The van der Waals surface area contributed by atoms with Crippen LogP contribution in [0.25, 0.3) is 0 Å². The monoisotopic (exact) mass is 520 g/mol. The molecule has 2 aromatic rings. The van der Waals surface area contributed by atoms with Crippen LogP contribution in [0.2, 0.25) is 5.02 Å². The molecule has 0 aromatic heterocycles. The van der Waals surface area contributed by atoms with E-state index in [0.717, 1.165) is 32.4 Å². The summed E-state index contributed by atoms with van der Waals surface area (Å²) in [5.74, 6) is 1.21. The third kappa shape index (κ3) is 6.29. The van der Waals surface area contributed by atoms with Gasteiger partial charge in [0.15, 0.2) is 0 Å². The van der Waals surface area contributed by atoms with Crippen LogP contribution in [0.1, 0.15) is 38.5 Å². The zero-order chi connectivity index (χ0) is 24.9. The van der Waals surface area contributed by atoms with Gasteiger partial charge in [-0.1, -0.05) is 17.7 Å². The SMILES string of the molecule is COc1cccc(S(=O)(=O)N2CCC[C@](COc3ccc(Cl)cc3)(CC(=O)N3CCCCC3)C2)c1. The molecule has 9 heteroatoms. The fourth-order valence-electron chi connectivity index (χ4n) is 4.93. The summed E-state index contributed by atoms with van der Waals surface area (Å²) in [4.78, 5) is 15.4. The molecule has 1 atom stereocenters. The summed E-state index contributed by atoms with van der Waals surface area (Å²) in [6.45, 7) is 2.40. The van der Waals surface area contributed by atoms with Crippen LogP contribution in [0.15, 0.2) is 53.4 Å². The standard InChI is InChI=1S/C26H33ClN2O5S/c1-33-23-7-5-8-24(17-23)35(31,32)29-16-6-13-26(19-29,18-25(30)28-14-3-2-4-15-28)20-34-22-11-9-21(27)10-12-22/h5,7-12,17H,2-4,6,13-16,18-20H2,1H3/t26-/m0/s1. The van der Waals surface area contributed by atoms with Crippen LogP contribution in [0, 0.1) is 5.41 Å². The second-order valence-corrected chi connectivity index (χ2v) is 11.9. The average Bonchev–Trinajstić information content (AvgIpc) is 2.89. The Labute approximate surface area is 213 Å². The van der Waals surface area contributed by atoms with E-state index in [9.17, 15) is 13.2 Å². The molecule has 1 amide bonds. The Bertz CT molecular complexity index is 1120. The van der Waals surface area contributed by atoms with Gasteiger partial charge in [0.25, 0.3) is 0 Å². The van der Waals surface area contributed by atoms with Gasteiger partial charge in [-0.15, -0.1) is 0 Å². The van der Waals surface area contributed by atoms with Gasteiger partial charge in [0, 0.05) is 49.1 Å². The van der Waals surface area contributed by atoms with Crippen LogP contribution in [-0.2, 0) is 14.8 Å². The molecule has 2 saturated heterocycles. The number of rotatable bonds is 8. The summed E-state index contributed by atoms with van der Waals surface area (Å²) in [6, 6.07) is 13.6. The van der Waals surface area contributed by atoms with Gasteiger partial charge in [0.05, 0.1) is 18.6 Å². The van der Waals surface area contributed by atoms with Gasteiger partial charge in [0.2, 0.25) is 15.9 Å². The quantitative estimate of drug-likeness (QED) is 0.508. The highest BCUT2D eigenvalue weighted by molar-refractivity contribution is 7.89. The number of hydrogen-bond donors (Lipinski definition) is 0. The maximum atomic E-state index is 13.6. The van der Waals surface area contributed by atoms with E-state index in [0.29, 0.717) is 35.9 Å². The van der Waals surface area contributed by atoms with Gasteiger partial charge in [0.1, 0.15) is 11.5 Å². The van der Waals surface area contributed by atoms with Crippen molar-refractivity contribution in [1.29, 1.82) is 0 Å². The molecule has 2 aliphatic heterocycles. The largest absolute Gasteiger partial charge is 0.497 e. The fourth-order valence-corrected chi connectivity index (χ4v) is 6.69. The molecule has 0 N–H and O–H groups in total. The highest BCUT2D eigenvalue weighted by atomic mass is 35.5. The van der Waals surface area contributed by atoms with Crippen molar-refractivity contribution in [2.24, 2.45) is 5.41 Å². The van der Waals surface area contributed by atoms with E-state index in [-0.39, 0.29) is 30.4 Å². The number of amides is 1. The average molecular weight is 521 g/mol. The van der Waals surface area contributed by atoms with Gasteiger partial charge in [-0.05, 0) is 68.5 Å². The zero-order valence-corrected chi connectivity index (χ0v) is 21.7. The normalized spacial score (nSPS) is 21.5. The molecular formula is C26H33ClN2O5S. The van der Waals surface area contributed by atoms with E-state index in [1.165, 1.54) is 17.5 Å². The maximum Gasteiger partial charge on any atom is 0.243 e. The molecule has 35 heavy (non-hydrogen) atoms. The molecular weight excluding hydrogens is 488 g/mol. The lowest BCUT2D eigenvalue weighted by Crippen LogP contribution is -2.51. The van der Waals surface area contributed by atoms with Crippen LogP contribution >= 0.6 is 11.6 Å². The molecule has 0 unspecified atom stereocenters. The van der Waals surface area contributed by atoms with Crippen molar-refractivity contribution in [3.8, 4) is 11.5 Å². The summed E-state index contributed by atoms with van der Waals surface area (Å²) in [5, 5.41) is 0.612. The highest BCUT2D eigenvalue weighted by Gasteiger charge is 2.43. The topological polar surface area (TPSA) is 76.1 Å². The van der Waals surface area contributed by atoms with E-state index < -0.39 is 15.4 Å². The number of halogens is 1. The Balaban J connectivity index is 1.58. The molecule has 0 radical (unpaired) electrons. The second-order valence-electron chi connectivity index (χ2n) is 9.48. The highest BCUT2D eigenvalue weighted by Crippen LogP contribution is 2.38. The number of likely N-dealkylation sites (tertiary alicyclic amines) is 1. The van der Waals surface area contributed by atoms with Crippen LogP contribution in [0.5, 0.6) is 11.5 Å². The summed E-state index contributed by atoms with van der Waals surface area (Å²) < 4.78 is 40.0. The lowest BCUT2D eigenvalue weighted by Gasteiger charge is -2.42. The Morgan fingerprint density at radius 2 is 1.74 bits per heavy atom. The van der Waals surface area contributed by atoms with Crippen LogP contribution in [0.4, 0.5) is 0 Å². The van der Waals surface area contributed by atoms with E-state index in [2.05, 4.69) is 0 Å². The molecule has 0 saturated carbocycles. The predicted octanol–water partition coefficient (Wildman–Crippen LogP) is 4.60. The minimum Gasteiger partial charge on any atom is -0.497 e. The Kier molecular flexibility index (Phi) is 8.24. The number of methoxy groups -OCH3 is 1. The first-order valence-electron chi connectivity index (χ1n) is 12.1. The van der Waals surface area contributed by atoms with Crippen LogP contribution in [-0.4, -0.2) is 63.4 Å². The molecule has 0 spiro atoms. The smallest absolute Gasteiger partial charge is 0.243 e. The summed E-state index contributed by atoms with van der Waals surface area (Å²) in [5.41, 5.74) is -0.627. The first kappa shape index (κ1) is 25.8. The number of carbonyl (C=O) groups excluding carboxylic acids is 1. The molecule has 0 aliphatic carbocycles. The lowest BCUT2D eigenvalue weighted by molar-refractivity contribution is -0.136. The third-order valence-corrected chi connectivity index (χ3v) is 8.99. The lowest BCUT2D eigenvalue weighted by atomic mass is 9.78. The summed E-state index contributed by atoms with van der Waals surface area (Å²) in [7, 11) is -2.25. The number of ether oxygens (including phenoxy) is 2. The molecule has 4 rings (SSSR count). The minimum absolute atomic E-state index is 0.0741. The Morgan fingerprint density at radius 1 is 1.00 bits per heavy atom. The predicted molar refractivity (Wildman–Crippen MR) is 135 cm³/mol. The van der Waals surface area contributed by atoms with Crippen molar-refractivity contribution in [3.05, 3.63) is 53.6 Å². The second kappa shape index (κ2) is 11.2. The maximum absolute atomic E-state index is 13.6. The molecule has 7 nitrogen and oxygen atoms in total. The summed E-state index contributed by atoms with van der Waals surface area (Å²) >= 11 is 6.00. The molecule has 2 heterocycles. The van der Waals surface area contributed by atoms with Crippen molar-refractivity contribution in [2.45, 2.75) is 43.4 Å². The van der Waals surface area contributed by atoms with E-state index in [1.54, 1.807) is 42.5 Å². The van der Waals surface area contributed by atoms with Crippen molar-refractivity contribution in [1.82, 2.24) is 9.21 Å². The van der Waals surface area contributed by atoms with E-state index >= 15 is 0 Å². The van der Waals surface area contributed by atoms with E-state index in [1.807, 2.05) is 4.90 Å². The number of benzene rings is 2. The molecule has 2 fully saturated rings. The molecule has 0 bridgehead atoms. The number of hydrogen-bond acceptors (Lipinski definition) is 5. The van der Waals surface area contributed by atoms with E-state index in [4.69, 9.17) is 21.1 Å². The first-order chi connectivity index (χ1) is 16.8. The Morgan fingerprint density at radius 3 is 2.46 bits per heavy atom. The number of carbonyl (C=O) groups is 1. The molecule has 190 valence electrons. The van der Waals surface area contributed by atoms with Gasteiger partial charge in [-0.2, -0.15) is 4.31 Å². The molecule has 2 aromatic carbocycles. The van der Waals surface area contributed by atoms with Gasteiger partial charge in [-0.3, -0.25) is 4.79 Å². The number of piperidine rings is 2. The number of sulfonamides is 1. The third-order valence-electron chi connectivity index (χ3n) is 6.90. The fraction of sp³-hybridized carbons (Fsp3) is 0.500. The van der Waals surface area contributed by atoms with Crippen molar-refractivity contribution in [3.63, 3.8) is 0 Å². The van der Waals surface area contributed by atoms with Gasteiger partial charge in [-0.25, -0.2) is 8.42 Å². The first-order valence-corrected chi connectivity index (χ1v) is 13.9. The van der Waals surface area contributed by atoms with Gasteiger partial charge < -0.3 is 14.4 Å².